The van der Waals surface area contributed by atoms with Crippen LogP contribution in [0.15, 0.2) is 71.7 Å². The maximum atomic E-state index is 13.1. The van der Waals surface area contributed by atoms with E-state index in [4.69, 9.17) is 4.99 Å². The van der Waals surface area contributed by atoms with Gasteiger partial charge in [0.1, 0.15) is 0 Å². The third-order valence-electron chi connectivity index (χ3n) is 7.74. The van der Waals surface area contributed by atoms with Crippen molar-refractivity contribution in [2.24, 2.45) is 4.99 Å². The van der Waals surface area contributed by atoms with Crippen LogP contribution in [0.25, 0.3) is 10.8 Å². The van der Waals surface area contributed by atoms with E-state index in [-0.39, 0.29) is 5.91 Å². The second-order valence-electron chi connectivity index (χ2n) is 10.2. The fourth-order valence-electron chi connectivity index (χ4n) is 5.62. The molecule has 8 heteroatoms. The molecule has 3 aromatic rings. The molecule has 3 aliphatic rings. The number of hydrogen-bond donors (Lipinski definition) is 1. The first-order valence-electron chi connectivity index (χ1n) is 12.9. The molecule has 3 aliphatic heterocycles. The largest absolute Gasteiger partial charge is 0.340 e. The quantitative estimate of drug-likeness (QED) is 0.601. The molecule has 37 heavy (non-hydrogen) atoms. The fourth-order valence-corrected chi connectivity index (χ4v) is 5.62. The molecular formula is C29H32N6O2. The Morgan fingerprint density at radius 1 is 0.892 bits per heavy atom. The highest BCUT2D eigenvalue weighted by atomic mass is 16.2. The second-order valence-corrected chi connectivity index (χ2v) is 10.2. The minimum atomic E-state index is -0.553. The molecule has 3 aromatic carbocycles. The number of hydrogen-bond acceptors (Lipinski definition) is 6. The lowest BCUT2D eigenvalue weighted by Crippen LogP contribution is -2.64. The maximum absolute atomic E-state index is 13.1. The van der Waals surface area contributed by atoms with Gasteiger partial charge in [-0.15, -0.1) is 0 Å². The van der Waals surface area contributed by atoms with E-state index in [1.807, 2.05) is 12.1 Å². The molecule has 2 unspecified atom stereocenters. The van der Waals surface area contributed by atoms with Gasteiger partial charge in [-0.05, 0) is 28.8 Å². The summed E-state index contributed by atoms with van der Waals surface area (Å²) in [4.78, 5) is 38.9. The standard InChI is InChI=1S/C29H32N6O2/c1-20-10-12-21(13-11-20)18-33-14-16-34(17-15-33)28-30-26-25(27(36)31-29(37)32(26)2)35(28)19-23-8-5-7-22-6-3-4-9-24(22)23/h3-13,25-26H,14-19H2,1-2H3,(H,31,36,37). The van der Waals surface area contributed by atoms with E-state index >= 15 is 0 Å². The van der Waals surface area contributed by atoms with Crippen LogP contribution in [0.3, 0.4) is 0 Å². The van der Waals surface area contributed by atoms with Gasteiger partial charge in [0.15, 0.2) is 18.2 Å². The molecule has 190 valence electrons. The topological polar surface area (TPSA) is 71.5 Å². The molecular weight excluding hydrogens is 464 g/mol. The van der Waals surface area contributed by atoms with Gasteiger partial charge in [0, 0.05) is 46.3 Å². The Labute approximate surface area is 217 Å². The number of fused-ring (bicyclic) bond motifs is 2. The molecule has 0 spiro atoms. The number of urea groups is 1. The van der Waals surface area contributed by atoms with Gasteiger partial charge in [0.05, 0.1) is 0 Å². The number of rotatable bonds is 4. The van der Waals surface area contributed by atoms with Crippen LogP contribution in [0.2, 0.25) is 0 Å². The Balaban J connectivity index is 1.25. The second kappa shape index (κ2) is 9.52. The van der Waals surface area contributed by atoms with Crippen molar-refractivity contribution in [2.45, 2.75) is 32.2 Å². The van der Waals surface area contributed by atoms with Gasteiger partial charge >= 0.3 is 6.03 Å². The van der Waals surface area contributed by atoms with Crippen LogP contribution in [0.1, 0.15) is 16.7 Å². The lowest BCUT2D eigenvalue weighted by molar-refractivity contribution is -0.127. The lowest BCUT2D eigenvalue weighted by Gasteiger charge is -2.40. The first-order chi connectivity index (χ1) is 18.0. The highest BCUT2D eigenvalue weighted by Crippen LogP contribution is 2.30. The van der Waals surface area contributed by atoms with E-state index in [1.54, 1.807) is 11.9 Å². The molecule has 0 aliphatic carbocycles. The molecule has 3 amide bonds. The number of imide groups is 1. The Morgan fingerprint density at radius 3 is 2.41 bits per heavy atom. The fraction of sp³-hybridized carbons (Fsp3) is 0.345. The first kappa shape index (κ1) is 23.5. The summed E-state index contributed by atoms with van der Waals surface area (Å²) in [5.41, 5.74) is 3.72. The summed E-state index contributed by atoms with van der Waals surface area (Å²) < 4.78 is 0. The zero-order valence-electron chi connectivity index (χ0n) is 21.3. The molecule has 0 radical (unpaired) electrons. The van der Waals surface area contributed by atoms with E-state index < -0.39 is 18.2 Å². The molecule has 3 heterocycles. The molecule has 6 rings (SSSR count). The van der Waals surface area contributed by atoms with Crippen LogP contribution >= 0.6 is 0 Å². The van der Waals surface area contributed by atoms with E-state index in [1.165, 1.54) is 16.5 Å². The van der Waals surface area contributed by atoms with Crippen LogP contribution in [-0.2, 0) is 17.9 Å². The van der Waals surface area contributed by atoms with Crippen molar-refractivity contribution in [3.05, 3.63) is 83.4 Å². The Kier molecular flexibility index (Phi) is 6.04. The number of benzene rings is 3. The third kappa shape index (κ3) is 4.42. The number of amides is 3. The highest BCUT2D eigenvalue weighted by Gasteiger charge is 2.49. The summed E-state index contributed by atoms with van der Waals surface area (Å²) in [5.74, 6) is 0.514. The van der Waals surface area contributed by atoms with E-state index in [2.05, 4.69) is 81.5 Å². The van der Waals surface area contributed by atoms with Crippen LogP contribution in [0.4, 0.5) is 4.79 Å². The van der Waals surface area contributed by atoms with Gasteiger partial charge in [-0.25, -0.2) is 9.79 Å². The predicted molar refractivity (Wildman–Crippen MR) is 144 cm³/mol. The minimum Gasteiger partial charge on any atom is -0.340 e. The van der Waals surface area contributed by atoms with Crippen LogP contribution in [0.5, 0.6) is 0 Å². The van der Waals surface area contributed by atoms with Gasteiger partial charge in [-0.2, -0.15) is 0 Å². The van der Waals surface area contributed by atoms with Gasteiger partial charge < -0.3 is 14.7 Å². The van der Waals surface area contributed by atoms with Gasteiger partial charge in [-0.3, -0.25) is 15.0 Å². The number of carbonyl (C=O) groups excluding carboxylic acids is 2. The van der Waals surface area contributed by atoms with Crippen LogP contribution in [-0.4, -0.2) is 82.9 Å². The lowest BCUT2D eigenvalue weighted by atomic mass is 10.0. The molecule has 1 N–H and O–H groups in total. The number of guanidine groups is 1. The minimum absolute atomic E-state index is 0.287. The highest BCUT2D eigenvalue weighted by molar-refractivity contribution is 6.03. The molecule has 2 saturated heterocycles. The number of piperazine rings is 1. The van der Waals surface area contributed by atoms with Crippen molar-refractivity contribution in [2.75, 3.05) is 33.2 Å². The number of likely N-dealkylation sites (N-methyl/N-ethyl adjacent to an activating group) is 1. The number of carbonyl (C=O) groups is 2. The predicted octanol–water partition coefficient (Wildman–Crippen LogP) is 3.01. The molecule has 0 aromatic heterocycles. The smallest absolute Gasteiger partial charge is 0.325 e. The Bertz CT molecular complexity index is 1360. The van der Waals surface area contributed by atoms with Gasteiger partial charge in [-0.1, -0.05) is 72.3 Å². The van der Waals surface area contributed by atoms with Crippen LogP contribution in [0, 0.1) is 6.92 Å². The van der Waals surface area contributed by atoms with E-state index in [0.717, 1.165) is 49.6 Å². The zero-order chi connectivity index (χ0) is 25.5. The van der Waals surface area contributed by atoms with E-state index in [0.29, 0.717) is 6.54 Å². The van der Waals surface area contributed by atoms with Crippen LogP contribution < -0.4 is 5.32 Å². The van der Waals surface area contributed by atoms with Crippen molar-refractivity contribution in [1.29, 1.82) is 0 Å². The Morgan fingerprint density at radius 2 is 1.62 bits per heavy atom. The summed E-state index contributed by atoms with van der Waals surface area (Å²) in [5, 5.41) is 4.85. The van der Waals surface area contributed by atoms with Crippen molar-refractivity contribution in [1.82, 2.24) is 24.9 Å². The van der Waals surface area contributed by atoms with E-state index in [9.17, 15) is 9.59 Å². The molecule has 8 nitrogen and oxygen atoms in total. The maximum Gasteiger partial charge on any atom is 0.325 e. The van der Waals surface area contributed by atoms with Crippen molar-refractivity contribution >= 4 is 28.7 Å². The Hall–Kier alpha value is -3.91. The zero-order valence-corrected chi connectivity index (χ0v) is 21.3. The normalized spacial score (nSPS) is 22.3. The third-order valence-corrected chi connectivity index (χ3v) is 7.74. The summed E-state index contributed by atoms with van der Waals surface area (Å²) in [6.07, 6.45) is -0.531. The van der Waals surface area contributed by atoms with Gasteiger partial charge in [0.2, 0.25) is 0 Å². The first-order valence-corrected chi connectivity index (χ1v) is 12.9. The summed E-state index contributed by atoms with van der Waals surface area (Å²) in [6, 6.07) is 22.4. The van der Waals surface area contributed by atoms with Gasteiger partial charge in [0.25, 0.3) is 5.91 Å². The number of aryl methyl sites for hydroxylation is 1. The SMILES string of the molecule is Cc1ccc(CN2CCN(C3=NC4C(C(=O)NC(=O)N4C)N3Cc3cccc4ccccc34)CC2)cc1. The van der Waals surface area contributed by atoms with Crippen molar-refractivity contribution < 1.29 is 9.59 Å². The van der Waals surface area contributed by atoms with Crippen molar-refractivity contribution in [3.8, 4) is 0 Å². The number of nitrogens with zero attached hydrogens (tertiary/aromatic N) is 5. The molecule has 0 bridgehead atoms. The molecule has 2 fully saturated rings. The molecule has 0 saturated carbocycles. The molecule has 2 atom stereocenters. The van der Waals surface area contributed by atoms with Crippen molar-refractivity contribution in [3.63, 3.8) is 0 Å². The average molecular weight is 497 g/mol. The number of nitrogens with one attached hydrogen (secondary N) is 1. The summed E-state index contributed by atoms with van der Waals surface area (Å²) in [7, 11) is 1.71. The summed E-state index contributed by atoms with van der Waals surface area (Å²) in [6.45, 7) is 7.02. The monoisotopic (exact) mass is 496 g/mol. The number of aliphatic imine (C=N–C) groups is 1. The average Bonchev–Trinajstić information content (AvgIpc) is 3.29. The summed E-state index contributed by atoms with van der Waals surface area (Å²) >= 11 is 0.